The third kappa shape index (κ3) is 11.9. The minimum Gasteiger partial charge on any atom is -0.407 e. The molecular formula is C30H42N4O9. The number of nitrogens with zero attached hydrogens (tertiary/aromatic N) is 2. The maximum atomic E-state index is 13.0. The van der Waals surface area contributed by atoms with Crippen molar-refractivity contribution in [2.24, 2.45) is 10.4 Å². The average molecular weight is 603 g/mol. The van der Waals surface area contributed by atoms with Crippen LogP contribution in [0.15, 0.2) is 40.1 Å². The Balaban J connectivity index is 1.51. The van der Waals surface area contributed by atoms with E-state index in [0.29, 0.717) is 51.9 Å². The molecule has 43 heavy (non-hydrogen) atoms. The van der Waals surface area contributed by atoms with Gasteiger partial charge in [0.15, 0.2) is 6.79 Å². The molecule has 2 aromatic rings. The lowest BCUT2D eigenvalue weighted by Crippen LogP contribution is -2.43. The molecule has 2 heterocycles. The van der Waals surface area contributed by atoms with Crippen molar-refractivity contribution >= 4 is 24.3 Å². The predicted molar refractivity (Wildman–Crippen MR) is 159 cm³/mol. The molecule has 3 rings (SSSR count). The average Bonchev–Trinajstić information content (AvgIpc) is 3.48. The summed E-state index contributed by atoms with van der Waals surface area (Å²) < 4.78 is 37.2. The molecule has 1 aliphatic rings. The molecule has 1 aliphatic heterocycles. The van der Waals surface area contributed by atoms with Gasteiger partial charge in [-0.15, -0.1) is 0 Å². The number of aromatic amines is 1. The highest BCUT2D eigenvalue weighted by molar-refractivity contribution is 5.75. The largest absolute Gasteiger partial charge is 0.517 e. The fraction of sp³-hybridized carbons (Fsp3) is 0.533. The minimum atomic E-state index is -1.05. The fourth-order valence-electron chi connectivity index (χ4n) is 3.88. The van der Waals surface area contributed by atoms with Crippen LogP contribution in [0.4, 0.5) is 4.79 Å². The molecule has 0 saturated carbocycles. The number of carbonyl (C=O) groups excluding carboxylic acids is 1. The predicted octanol–water partition coefficient (Wildman–Crippen LogP) is 1.33. The van der Waals surface area contributed by atoms with E-state index >= 15 is 0 Å². The quantitative estimate of drug-likeness (QED) is 0.153. The number of hydrogen-bond acceptors (Lipinski definition) is 12. The van der Waals surface area contributed by atoms with E-state index in [9.17, 15) is 9.59 Å². The minimum absolute atomic E-state index is 0.0621. The van der Waals surface area contributed by atoms with Crippen LogP contribution in [-0.2, 0) is 28.4 Å². The van der Waals surface area contributed by atoms with Gasteiger partial charge in [0.2, 0.25) is 0 Å². The zero-order valence-corrected chi connectivity index (χ0v) is 25.3. The molecule has 0 radical (unpaired) electrons. The summed E-state index contributed by atoms with van der Waals surface area (Å²) in [4.78, 5) is 37.1. The van der Waals surface area contributed by atoms with Crippen molar-refractivity contribution in [3.8, 4) is 5.88 Å². The van der Waals surface area contributed by atoms with E-state index < -0.39 is 11.7 Å². The zero-order valence-electron chi connectivity index (χ0n) is 25.3. The molecule has 1 aromatic heterocycles. The second-order valence-corrected chi connectivity index (χ2v) is 10.4. The number of ether oxygens (including phenoxy) is 7. The molecule has 2 N–H and O–H groups in total. The lowest BCUT2D eigenvalue weighted by Gasteiger charge is -2.27. The molecule has 0 amide bonds. The normalized spacial score (nSPS) is 16.4. The number of rotatable bonds is 17. The van der Waals surface area contributed by atoms with E-state index in [4.69, 9.17) is 33.2 Å². The van der Waals surface area contributed by atoms with Crippen molar-refractivity contribution in [1.29, 1.82) is 0 Å². The van der Waals surface area contributed by atoms with Crippen LogP contribution in [0.3, 0.4) is 0 Å². The number of H-pyrrole nitrogens is 1. The van der Waals surface area contributed by atoms with Gasteiger partial charge in [-0.3, -0.25) is 4.79 Å². The fourth-order valence-corrected chi connectivity index (χ4v) is 3.88. The van der Waals surface area contributed by atoms with Gasteiger partial charge in [0.25, 0.3) is 11.4 Å². The van der Waals surface area contributed by atoms with Gasteiger partial charge in [-0.25, -0.2) is 14.8 Å². The summed E-state index contributed by atoms with van der Waals surface area (Å²) in [5, 5.41) is 3.42. The molecule has 0 aliphatic carbocycles. The third-order valence-electron chi connectivity index (χ3n) is 5.98. The highest BCUT2D eigenvalue weighted by Gasteiger charge is 2.32. The first-order valence-electron chi connectivity index (χ1n) is 14.2. The van der Waals surface area contributed by atoms with Gasteiger partial charge >= 0.3 is 6.16 Å². The highest BCUT2D eigenvalue weighted by atomic mass is 16.8. The van der Waals surface area contributed by atoms with E-state index in [1.54, 1.807) is 6.08 Å². The van der Waals surface area contributed by atoms with Crippen LogP contribution < -0.4 is 26.3 Å². The number of benzene rings is 1. The monoisotopic (exact) mass is 602 g/mol. The van der Waals surface area contributed by atoms with Crippen LogP contribution in [0, 0.1) is 5.41 Å². The topological polar surface area (TPSA) is 152 Å². The van der Waals surface area contributed by atoms with E-state index in [1.165, 1.54) is 6.34 Å². The molecule has 13 heteroatoms. The lowest BCUT2D eigenvalue weighted by atomic mass is 9.85. The Morgan fingerprint density at radius 1 is 0.907 bits per heavy atom. The summed E-state index contributed by atoms with van der Waals surface area (Å²) >= 11 is 0. The van der Waals surface area contributed by atoms with Crippen molar-refractivity contribution in [3.05, 3.63) is 56.9 Å². The molecule has 1 unspecified atom stereocenters. The Hall–Kier alpha value is -3.62. The van der Waals surface area contributed by atoms with Crippen molar-refractivity contribution < 1.29 is 38.0 Å². The zero-order chi connectivity index (χ0) is 30.9. The van der Waals surface area contributed by atoms with Crippen LogP contribution in [0.5, 0.6) is 5.88 Å². The molecular weight excluding hydrogens is 560 g/mol. The van der Waals surface area contributed by atoms with E-state index in [2.05, 4.69) is 20.3 Å². The SMILES string of the molecule is CCOCCOCCOCCOCCOCOC(=O)Oc1n/c(=C\c2ccccc2)c(=O)[nH]/c1=C1\N=CNC1C(C)(C)C. The van der Waals surface area contributed by atoms with E-state index in [0.717, 1.165) is 5.56 Å². The van der Waals surface area contributed by atoms with Crippen LogP contribution in [-0.4, -0.2) is 94.8 Å². The van der Waals surface area contributed by atoms with Crippen molar-refractivity contribution in [3.63, 3.8) is 0 Å². The summed E-state index contributed by atoms with van der Waals surface area (Å²) in [6, 6.07) is 8.94. The molecule has 1 aromatic carbocycles. The van der Waals surface area contributed by atoms with Gasteiger partial charge in [0.1, 0.15) is 10.7 Å². The van der Waals surface area contributed by atoms with Gasteiger partial charge in [-0.2, -0.15) is 0 Å². The summed E-state index contributed by atoms with van der Waals surface area (Å²) in [6.45, 7) is 11.7. The molecule has 0 fully saturated rings. The maximum Gasteiger partial charge on any atom is 0.517 e. The first-order chi connectivity index (χ1) is 20.8. The van der Waals surface area contributed by atoms with Crippen LogP contribution >= 0.6 is 0 Å². The Morgan fingerprint density at radius 3 is 2.12 bits per heavy atom. The van der Waals surface area contributed by atoms with Crippen molar-refractivity contribution in [1.82, 2.24) is 15.3 Å². The van der Waals surface area contributed by atoms with Crippen LogP contribution in [0.2, 0.25) is 0 Å². The Morgan fingerprint density at radius 2 is 1.51 bits per heavy atom. The standard InChI is InChI=1S/C30H42N4O9/c1-5-37-11-12-38-13-14-39-15-16-40-17-18-41-21-42-29(36)43-28-25(24-26(30(2,3)4)32-20-31-24)34-27(35)23(33-28)19-22-9-7-6-8-10-22/h6-10,19-20,26H,5,11-18,21H2,1-4H3,(H,31,32)(H,34,35)/b23-19-,25-24-. The van der Waals surface area contributed by atoms with Crippen LogP contribution in [0.1, 0.15) is 33.3 Å². The van der Waals surface area contributed by atoms with Crippen LogP contribution in [0.25, 0.3) is 11.8 Å². The maximum absolute atomic E-state index is 13.0. The van der Waals surface area contributed by atoms with E-state index in [-0.39, 0.29) is 48.0 Å². The summed E-state index contributed by atoms with van der Waals surface area (Å²) in [6.07, 6.45) is 2.08. The molecule has 236 valence electrons. The van der Waals surface area contributed by atoms with Gasteiger partial charge in [0.05, 0.1) is 70.9 Å². The summed E-state index contributed by atoms with van der Waals surface area (Å²) in [7, 11) is 0. The van der Waals surface area contributed by atoms with E-state index in [1.807, 2.05) is 58.0 Å². The first-order valence-corrected chi connectivity index (χ1v) is 14.2. The summed E-state index contributed by atoms with van der Waals surface area (Å²) in [5.74, 6) is -0.139. The Labute approximate surface area is 250 Å². The van der Waals surface area contributed by atoms with Crippen molar-refractivity contribution in [2.75, 3.05) is 66.3 Å². The van der Waals surface area contributed by atoms with Crippen molar-refractivity contribution in [2.45, 2.75) is 33.7 Å². The first kappa shape index (κ1) is 33.9. The smallest absolute Gasteiger partial charge is 0.407 e. The van der Waals surface area contributed by atoms with Gasteiger partial charge < -0.3 is 43.5 Å². The number of aromatic nitrogens is 2. The number of hydrogen-bond donors (Lipinski definition) is 2. The lowest BCUT2D eigenvalue weighted by molar-refractivity contribution is -0.0551. The highest BCUT2D eigenvalue weighted by Crippen LogP contribution is 2.28. The van der Waals surface area contributed by atoms with Gasteiger partial charge in [-0.05, 0) is 24.0 Å². The van der Waals surface area contributed by atoms with Gasteiger partial charge in [-0.1, -0.05) is 51.1 Å². The number of aliphatic imine (C=N–C) groups is 1. The molecule has 13 nitrogen and oxygen atoms in total. The third-order valence-corrected chi connectivity index (χ3v) is 5.98. The second kappa shape index (κ2) is 18.1. The second-order valence-electron chi connectivity index (χ2n) is 10.4. The molecule has 0 saturated heterocycles. The number of nitrogens with one attached hydrogen (secondary N) is 2. The molecule has 1 atom stereocenters. The summed E-state index contributed by atoms with van der Waals surface area (Å²) in [5.41, 5.74) is 0.515. The van der Waals surface area contributed by atoms with Gasteiger partial charge in [0, 0.05) is 6.61 Å². The number of carbonyl (C=O) groups is 1. The Kier molecular flexibility index (Phi) is 14.3. The molecule has 0 spiro atoms. The Bertz CT molecular complexity index is 1340. The molecule has 0 bridgehead atoms.